The summed E-state index contributed by atoms with van der Waals surface area (Å²) in [4.78, 5) is 20.7. The average Bonchev–Trinajstić information content (AvgIpc) is 1.59. The summed E-state index contributed by atoms with van der Waals surface area (Å²) in [6, 6.07) is 76.5. The molecular formula is C82H70N8. The van der Waals surface area contributed by atoms with E-state index in [2.05, 4.69) is 231 Å². The average molecular weight is 1170 g/mol. The molecule has 90 heavy (non-hydrogen) atoms. The predicted octanol–water partition coefficient (Wildman–Crippen LogP) is 21.6. The van der Waals surface area contributed by atoms with Crippen molar-refractivity contribution in [1.82, 2.24) is 24.1 Å². The maximum atomic E-state index is 10.4. The highest BCUT2D eigenvalue weighted by molar-refractivity contribution is 6.11. The van der Waals surface area contributed by atoms with Crippen LogP contribution in [0.4, 0.5) is 5.69 Å². The van der Waals surface area contributed by atoms with Gasteiger partial charge in [-0.25, -0.2) is 19.8 Å². The normalized spacial score (nSPS) is 12.2. The Hall–Kier alpha value is -10.7. The number of nitriles is 2. The fraction of sp³-hybridized carbons (Fsp3) is 0.195. The Balaban J connectivity index is 1.13. The first kappa shape index (κ1) is 58.3. The lowest BCUT2D eigenvalue weighted by molar-refractivity contribution is 0.590. The summed E-state index contributed by atoms with van der Waals surface area (Å²) in [7, 11) is 0. The predicted molar refractivity (Wildman–Crippen MR) is 372 cm³/mol. The number of hydrogen-bond acceptors (Lipinski definition) is 5. The van der Waals surface area contributed by atoms with Gasteiger partial charge in [0.2, 0.25) is 0 Å². The lowest BCUT2D eigenvalue weighted by Gasteiger charge is -2.19. The zero-order chi connectivity index (χ0) is 63.2. The number of rotatable bonds is 8. The Kier molecular flexibility index (Phi) is 14.2. The van der Waals surface area contributed by atoms with Crippen LogP contribution in [0, 0.1) is 29.2 Å². The fourth-order valence-corrected chi connectivity index (χ4v) is 12.5. The molecule has 8 heteroatoms. The van der Waals surface area contributed by atoms with Gasteiger partial charge in [-0.2, -0.15) is 10.5 Å². The van der Waals surface area contributed by atoms with Crippen LogP contribution in [-0.2, 0) is 21.7 Å². The van der Waals surface area contributed by atoms with Gasteiger partial charge in [0.15, 0.2) is 23.2 Å². The number of nitrogens with zero attached hydrogens (tertiary/aromatic N) is 8. The van der Waals surface area contributed by atoms with Gasteiger partial charge in [0.05, 0.1) is 51.9 Å². The van der Waals surface area contributed by atoms with Crippen LogP contribution >= 0.6 is 0 Å². The zero-order valence-corrected chi connectivity index (χ0v) is 53.2. The summed E-state index contributed by atoms with van der Waals surface area (Å²) in [5.74, 6) is 1.30. The van der Waals surface area contributed by atoms with Crippen molar-refractivity contribution in [3.05, 3.63) is 251 Å². The van der Waals surface area contributed by atoms with Crippen molar-refractivity contribution in [2.75, 3.05) is 0 Å². The summed E-state index contributed by atoms with van der Waals surface area (Å²) in [6.07, 6.45) is 0. The van der Waals surface area contributed by atoms with E-state index in [9.17, 15) is 10.5 Å². The van der Waals surface area contributed by atoms with Gasteiger partial charge in [-0.05, 0) is 186 Å². The van der Waals surface area contributed by atoms with E-state index in [1.165, 1.54) is 43.8 Å². The number of aromatic nitrogens is 5. The lowest BCUT2D eigenvalue weighted by Crippen LogP contribution is -2.10. The standard InChI is InChI=1S/C82H70N8/c1-79(2,3)57-27-35-72-66(42-57)67-43-58(80(4,5)6)28-36-73(67)89(72)62-31-33-64(54-19-14-17-51(39-54)49-84)70(46-62)77-86-76(56-21-15-18-53(40-56)52-25-23-50(48-83)24-26-52)87-78(88-77)71-47-63(32-34-65(71)55-20-16-22-61(41-55)85-13)90-74-37-29-59(81(7,8)9)44-68(74)69-45-60(82(10,11)12)30-38-75(69)90/h14-47H,1-12H3. The second-order valence-electron chi connectivity index (χ2n) is 28.0. The zero-order valence-electron chi connectivity index (χ0n) is 53.2. The first-order valence-corrected chi connectivity index (χ1v) is 30.8. The largest absolute Gasteiger partial charge is 0.309 e. The molecule has 3 aromatic heterocycles. The second-order valence-corrected chi connectivity index (χ2v) is 28.0. The van der Waals surface area contributed by atoms with Crippen LogP contribution < -0.4 is 0 Å². The molecule has 0 saturated heterocycles. The van der Waals surface area contributed by atoms with E-state index in [0.717, 1.165) is 83.5 Å². The molecule has 0 atom stereocenters. The van der Waals surface area contributed by atoms with Crippen molar-refractivity contribution in [3.8, 4) is 91.1 Å². The minimum atomic E-state index is -0.0818. The summed E-state index contributed by atoms with van der Waals surface area (Å²) in [5.41, 5.74) is 19.9. The van der Waals surface area contributed by atoms with Gasteiger partial charge in [0.25, 0.3) is 0 Å². The van der Waals surface area contributed by atoms with Crippen molar-refractivity contribution in [2.24, 2.45) is 0 Å². The topological polar surface area (TPSA) is 100 Å². The second kappa shape index (κ2) is 21.8. The van der Waals surface area contributed by atoms with Crippen LogP contribution in [0.1, 0.15) is 116 Å². The van der Waals surface area contributed by atoms with E-state index in [1.54, 1.807) is 0 Å². The molecule has 0 spiro atoms. The number of hydrogen-bond donors (Lipinski definition) is 0. The summed E-state index contributed by atoms with van der Waals surface area (Å²) in [6.45, 7) is 35.3. The smallest absolute Gasteiger partial charge is 0.187 e. The molecule has 8 nitrogen and oxygen atoms in total. The molecule has 13 aromatic rings. The highest BCUT2D eigenvalue weighted by atomic mass is 15.0. The minimum Gasteiger partial charge on any atom is -0.309 e. The summed E-state index contributed by atoms with van der Waals surface area (Å²) in [5, 5.41) is 24.8. The van der Waals surface area contributed by atoms with Gasteiger partial charge >= 0.3 is 0 Å². The Morgan fingerprint density at radius 2 is 0.722 bits per heavy atom. The first-order chi connectivity index (χ1) is 42.9. The quantitative estimate of drug-likeness (QED) is 0.141. The monoisotopic (exact) mass is 1170 g/mol. The Morgan fingerprint density at radius 3 is 1.14 bits per heavy atom. The third-order valence-corrected chi connectivity index (χ3v) is 17.7. The van der Waals surface area contributed by atoms with E-state index in [-0.39, 0.29) is 21.7 Å². The van der Waals surface area contributed by atoms with E-state index >= 15 is 0 Å². The Bertz CT molecular complexity index is 4780. The van der Waals surface area contributed by atoms with Gasteiger partial charge in [-0.3, -0.25) is 0 Å². The van der Waals surface area contributed by atoms with Crippen LogP contribution in [0.15, 0.2) is 206 Å². The van der Waals surface area contributed by atoms with Crippen molar-refractivity contribution in [2.45, 2.75) is 105 Å². The van der Waals surface area contributed by atoms with Gasteiger partial charge in [0, 0.05) is 49.6 Å². The molecule has 0 unspecified atom stereocenters. The van der Waals surface area contributed by atoms with Crippen LogP contribution in [0.2, 0.25) is 0 Å². The van der Waals surface area contributed by atoms with Gasteiger partial charge < -0.3 is 9.13 Å². The lowest BCUT2D eigenvalue weighted by atomic mass is 9.85. The highest BCUT2D eigenvalue weighted by Gasteiger charge is 2.27. The van der Waals surface area contributed by atoms with Crippen LogP contribution in [0.25, 0.3) is 127 Å². The molecule has 0 saturated carbocycles. The van der Waals surface area contributed by atoms with E-state index in [0.29, 0.717) is 34.3 Å². The van der Waals surface area contributed by atoms with Crippen LogP contribution in [-0.4, -0.2) is 24.1 Å². The van der Waals surface area contributed by atoms with Gasteiger partial charge in [-0.15, -0.1) is 0 Å². The van der Waals surface area contributed by atoms with Gasteiger partial charge in [-0.1, -0.05) is 180 Å². The fourth-order valence-electron chi connectivity index (χ4n) is 12.5. The first-order valence-electron chi connectivity index (χ1n) is 30.8. The van der Waals surface area contributed by atoms with Crippen LogP contribution in [0.3, 0.4) is 0 Å². The van der Waals surface area contributed by atoms with E-state index < -0.39 is 0 Å². The molecule has 0 bridgehead atoms. The third kappa shape index (κ3) is 10.7. The molecule has 438 valence electrons. The molecule has 3 heterocycles. The molecule has 0 aliphatic rings. The molecule has 0 amide bonds. The Labute approximate surface area is 527 Å². The molecule has 10 aromatic carbocycles. The summed E-state index contributed by atoms with van der Waals surface area (Å²) >= 11 is 0. The van der Waals surface area contributed by atoms with E-state index in [1.807, 2.05) is 84.9 Å². The Morgan fingerprint density at radius 1 is 0.333 bits per heavy atom. The van der Waals surface area contributed by atoms with Crippen LogP contribution in [0.5, 0.6) is 0 Å². The number of fused-ring (bicyclic) bond motifs is 6. The minimum absolute atomic E-state index is 0.0811. The molecule has 13 rings (SSSR count). The molecule has 0 radical (unpaired) electrons. The van der Waals surface area contributed by atoms with Crippen molar-refractivity contribution in [1.29, 1.82) is 10.5 Å². The molecular weight excluding hydrogens is 1100 g/mol. The third-order valence-electron chi connectivity index (χ3n) is 17.7. The van der Waals surface area contributed by atoms with E-state index in [4.69, 9.17) is 21.5 Å². The maximum Gasteiger partial charge on any atom is 0.187 e. The highest BCUT2D eigenvalue weighted by Crippen LogP contribution is 2.44. The van der Waals surface area contributed by atoms with Gasteiger partial charge in [0.1, 0.15) is 0 Å². The number of benzene rings is 10. The van der Waals surface area contributed by atoms with Crippen molar-refractivity contribution in [3.63, 3.8) is 0 Å². The SMILES string of the molecule is [C-]#[N+]c1cccc(-c2ccc(-n3c4ccc(C(C)(C)C)cc4c4cc(C(C)(C)C)ccc43)cc2-c2nc(-c3cccc(-c4ccc(C#N)cc4)c3)nc(-c3cc(-n4c5ccc(C(C)(C)C)cc5c5cc(C(C)(C)C)ccc54)ccc3-c3cccc(C#N)c3)n2)c1. The van der Waals surface area contributed by atoms with Crippen molar-refractivity contribution >= 4 is 49.3 Å². The van der Waals surface area contributed by atoms with Crippen molar-refractivity contribution < 1.29 is 0 Å². The summed E-state index contributed by atoms with van der Waals surface area (Å²) < 4.78 is 4.72. The molecule has 0 N–H and O–H groups in total. The molecule has 0 aliphatic heterocycles. The molecule has 0 fully saturated rings. The molecule has 0 aliphatic carbocycles. The maximum absolute atomic E-state index is 10.4.